The van der Waals surface area contributed by atoms with E-state index in [1.807, 2.05) is 0 Å². The Morgan fingerprint density at radius 3 is 2.47 bits per heavy atom. The van der Waals surface area contributed by atoms with Crippen LogP contribution in [0.25, 0.3) is 0 Å². The fourth-order valence-corrected chi connectivity index (χ4v) is 4.43. The molecule has 30 heavy (non-hydrogen) atoms. The molecule has 4 rings (SSSR count). The van der Waals surface area contributed by atoms with Gasteiger partial charge in [0.2, 0.25) is 5.91 Å². The van der Waals surface area contributed by atoms with Crippen molar-refractivity contribution in [3.8, 4) is 0 Å². The van der Waals surface area contributed by atoms with Gasteiger partial charge >= 0.3 is 0 Å². The summed E-state index contributed by atoms with van der Waals surface area (Å²) >= 11 is 1.45. The largest absolute Gasteiger partial charge is 0.322 e. The standard InChI is InChI=1S/C23H18F2N2O2S/c1-14-6-11-17(12-20(14)25)27-21(28)13-30-23(27)15-7-9-16(10-8-15)26-22(29)18-4-2-3-5-19(18)24/h2-12,23H,13H2,1H3,(H,26,29)/t23-/m1/s1. The Kier molecular flexibility index (Phi) is 5.55. The monoisotopic (exact) mass is 424 g/mol. The summed E-state index contributed by atoms with van der Waals surface area (Å²) in [4.78, 5) is 26.3. The van der Waals surface area contributed by atoms with Crippen molar-refractivity contribution in [3.63, 3.8) is 0 Å². The number of nitrogens with one attached hydrogen (secondary N) is 1. The van der Waals surface area contributed by atoms with Crippen LogP contribution in [-0.2, 0) is 4.79 Å². The molecular weight excluding hydrogens is 406 g/mol. The van der Waals surface area contributed by atoms with Crippen LogP contribution in [0.1, 0.15) is 26.9 Å². The molecule has 0 aliphatic carbocycles. The lowest BCUT2D eigenvalue weighted by atomic mass is 10.1. The number of carbonyl (C=O) groups is 2. The number of thioether (sulfide) groups is 1. The van der Waals surface area contributed by atoms with Crippen LogP contribution in [0.5, 0.6) is 0 Å². The summed E-state index contributed by atoms with van der Waals surface area (Å²) in [6.45, 7) is 1.67. The first-order valence-electron chi connectivity index (χ1n) is 9.29. The number of hydrogen-bond acceptors (Lipinski definition) is 3. The third-order valence-electron chi connectivity index (χ3n) is 4.87. The van der Waals surface area contributed by atoms with Crippen molar-refractivity contribution < 1.29 is 18.4 Å². The smallest absolute Gasteiger partial charge is 0.258 e. The average molecular weight is 424 g/mol. The second-order valence-corrected chi connectivity index (χ2v) is 7.99. The van der Waals surface area contributed by atoms with Gasteiger partial charge in [-0.15, -0.1) is 11.8 Å². The Balaban J connectivity index is 1.54. The van der Waals surface area contributed by atoms with Gasteiger partial charge in [-0.1, -0.05) is 30.3 Å². The Morgan fingerprint density at radius 2 is 1.77 bits per heavy atom. The third-order valence-corrected chi connectivity index (χ3v) is 6.09. The SMILES string of the molecule is Cc1ccc(N2C(=O)CS[C@@H]2c2ccc(NC(=O)c3ccccc3F)cc2)cc1F. The Morgan fingerprint density at radius 1 is 1.03 bits per heavy atom. The first-order chi connectivity index (χ1) is 14.4. The van der Waals surface area contributed by atoms with Crippen molar-refractivity contribution in [1.29, 1.82) is 0 Å². The highest BCUT2D eigenvalue weighted by Gasteiger charge is 2.34. The van der Waals surface area contributed by atoms with Crippen LogP contribution in [0, 0.1) is 18.6 Å². The van der Waals surface area contributed by atoms with E-state index in [0.717, 1.165) is 5.56 Å². The zero-order chi connectivity index (χ0) is 21.3. The van der Waals surface area contributed by atoms with Crippen molar-refractivity contribution in [1.82, 2.24) is 0 Å². The van der Waals surface area contributed by atoms with E-state index in [1.54, 1.807) is 54.3 Å². The lowest BCUT2D eigenvalue weighted by Gasteiger charge is -2.25. The summed E-state index contributed by atoms with van der Waals surface area (Å²) in [6, 6.07) is 17.5. The van der Waals surface area contributed by atoms with Crippen molar-refractivity contribution in [2.45, 2.75) is 12.3 Å². The molecule has 3 aromatic rings. The van der Waals surface area contributed by atoms with Crippen LogP contribution in [0.4, 0.5) is 20.2 Å². The maximum atomic E-state index is 14.0. The molecule has 3 aromatic carbocycles. The maximum Gasteiger partial charge on any atom is 0.258 e. The minimum absolute atomic E-state index is 0.0360. The second-order valence-electron chi connectivity index (χ2n) is 6.92. The fraction of sp³-hybridized carbons (Fsp3) is 0.130. The van der Waals surface area contributed by atoms with Crippen LogP contribution in [0.15, 0.2) is 66.7 Å². The number of rotatable bonds is 4. The molecule has 1 N–H and O–H groups in total. The molecule has 1 fully saturated rings. The van der Waals surface area contributed by atoms with Crippen molar-refractivity contribution in [2.24, 2.45) is 0 Å². The number of aryl methyl sites for hydroxylation is 1. The normalized spacial score (nSPS) is 16.0. The molecule has 1 saturated heterocycles. The van der Waals surface area contributed by atoms with Crippen molar-refractivity contribution in [2.75, 3.05) is 16.0 Å². The van der Waals surface area contributed by atoms with E-state index in [4.69, 9.17) is 0 Å². The molecule has 152 valence electrons. The van der Waals surface area contributed by atoms with Crippen molar-refractivity contribution >= 4 is 35.0 Å². The fourth-order valence-electron chi connectivity index (χ4n) is 3.26. The Hall–Kier alpha value is -3.19. The lowest BCUT2D eigenvalue weighted by molar-refractivity contribution is -0.115. The first kappa shape index (κ1) is 20.1. The zero-order valence-corrected chi connectivity index (χ0v) is 16.9. The highest BCUT2D eigenvalue weighted by Crippen LogP contribution is 2.42. The van der Waals surface area contributed by atoms with E-state index in [1.165, 1.54) is 36.0 Å². The predicted octanol–water partition coefficient (Wildman–Crippen LogP) is 5.30. The van der Waals surface area contributed by atoms with Gasteiger partial charge in [0.15, 0.2) is 0 Å². The molecule has 0 bridgehead atoms. The number of amides is 2. The number of halogens is 2. The summed E-state index contributed by atoms with van der Waals surface area (Å²) in [5.74, 6) is -1.28. The summed E-state index contributed by atoms with van der Waals surface area (Å²) in [5.41, 5.74) is 2.34. The summed E-state index contributed by atoms with van der Waals surface area (Å²) < 4.78 is 27.8. The number of nitrogens with zero attached hydrogens (tertiary/aromatic N) is 1. The third kappa shape index (κ3) is 3.93. The highest BCUT2D eigenvalue weighted by molar-refractivity contribution is 8.00. The molecule has 7 heteroatoms. The number of anilines is 2. The van der Waals surface area contributed by atoms with E-state index in [2.05, 4.69) is 5.32 Å². The predicted molar refractivity (Wildman–Crippen MR) is 115 cm³/mol. The van der Waals surface area contributed by atoms with Crippen LogP contribution in [0.2, 0.25) is 0 Å². The number of carbonyl (C=O) groups excluding carboxylic acids is 2. The zero-order valence-electron chi connectivity index (χ0n) is 16.1. The van der Waals surface area contributed by atoms with Gasteiger partial charge in [0.25, 0.3) is 5.91 Å². The van der Waals surface area contributed by atoms with Gasteiger partial charge in [-0.3, -0.25) is 14.5 Å². The topological polar surface area (TPSA) is 49.4 Å². The molecule has 1 aliphatic heterocycles. The molecule has 0 saturated carbocycles. The van der Waals surface area contributed by atoms with Gasteiger partial charge in [-0.2, -0.15) is 0 Å². The van der Waals surface area contributed by atoms with Gasteiger partial charge in [0, 0.05) is 11.4 Å². The van der Waals surface area contributed by atoms with E-state index < -0.39 is 11.7 Å². The van der Waals surface area contributed by atoms with Crippen LogP contribution in [-0.4, -0.2) is 17.6 Å². The molecule has 2 amide bonds. The van der Waals surface area contributed by atoms with Gasteiger partial charge in [-0.05, 0) is 54.4 Å². The highest BCUT2D eigenvalue weighted by atomic mass is 32.2. The van der Waals surface area contributed by atoms with Gasteiger partial charge in [-0.25, -0.2) is 8.78 Å². The molecule has 4 nitrogen and oxygen atoms in total. The van der Waals surface area contributed by atoms with E-state index in [9.17, 15) is 18.4 Å². The molecule has 1 heterocycles. The average Bonchev–Trinajstić information content (AvgIpc) is 3.12. The lowest BCUT2D eigenvalue weighted by Crippen LogP contribution is -2.28. The maximum absolute atomic E-state index is 14.0. The summed E-state index contributed by atoms with van der Waals surface area (Å²) in [5, 5.41) is 2.37. The molecule has 0 radical (unpaired) electrons. The van der Waals surface area contributed by atoms with Crippen molar-refractivity contribution in [3.05, 3.63) is 95.1 Å². The summed E-state index contributed by atoms with van der Waals surface area (Å²) in [7, 11) is 0. The van der Waals surface area contributed by atoms with Gasteiger partial charge < -0.3 is 5.32 Å². The minimum atomic E-state index is -0.589. The van der Waals surface area contributed by atoms with E-state index in [-0.39, 0.29) is 22.7 Å². The van der Waals surface area contributed by atoms with E-state index in [0.29, 0.717) is 22.7 Å². The molecule has 1 atom stereocenters. The molecular formula is C23H18F2N2O2S. The Bertz CT molecular complexity index is 1120. The van der Waals surface area contributed by atoms with Crippen LogP contribution >= 0.6 is 11.8 Å². The van der Waals surface area contributed by atoms with Crippen LogP contribution < -0.4 is 10.2 Å². The van der Waals surface area contributed by atoms with E-state index >= 15 is 0 Å². The quantitative estimate of drug-likeness (QED) is 0.618. The minimum Gasteiger partial charge on any atom is -0.322 e. The molecule has 0 aromatic heterocycles. The van der Waals surface area contributed by atoms with Gasteiger partial charge in [0.05, 0.1) is 11.3 Å². The summed E-state index contributed by atoms with van der Waals surface area (Å²) in [6.07, 6.45) is 0. The Labute approximate surface area is 176 Å². The van der Waals surface area contributed by atoms with Gasteiger partial charge in [0.1, 0.15) is 17.0 Å². The number of hydrogen-bond donors (Lipinski definition) is 1. The molecule has 0 spiro atoms. The first-order valence-corrected chi connectivity index (χ1v) is 10.3. The molecule has 0 unspecified atom stereocenters. The second kappa shape index (κ2) is 8.28. The van der Waals surface area contributed by atoms with Crippen LogP contribution in [0.3, 0.4) is 0 Å². The number of benzene rings is 3. The molecule has 1 aliphatic rings.